The fraction of sp³-hybridized carbons (Fsp3) is 0. The number of furan rings is 1. The molecule has 2 heterocycles. The third-order valence-electron chi connectivity index (χ3n) is 10.9. The molecular weight excluding hydrogens is 687 g/mol. The number of rotatable bonds is 6. The van der Waals surface area contributed by atoms with Gasteiger partial charge in [-0.2, -0.15) is 0 Å². The Balaban J connectivity index is 1.11. The van der Waals surface area contributed by atoms with E-state index in [9.17, 15) is 0 Å². The third-order valence-corrected chi connectivity index (χ3v) is 12.0. The summed E-state index contributed by atoms with van der Waals surface area (Å²) >= 11 is 1.86. The predicted molar refractivity (Wildman–Crippen MR) is 235 cm³/mol. The minimum atomic E-state index is 0.862. The zero-order valence-electron chi connectivity index (χ0n) is 29.8. The average Bonchev–Trinajstić information content (AvgIpc) is 3.83. The van der Waals surface area contributed by atoms with Gasteiger partial charge in [0.2, 0.25) is 0 Å². The van der Waals surface area contributed by atoms with Gasteiger partial charge in [-0.3, -0.25) is 0 Å². The molecule has 0 amide bonds. The fourth-order valence-corrected chi connectivity index (χ4v) is 9.29. The van der Waals surface area contributed by atoms with Crippen molar-refractivity contribution in [1.29, 1.82) is 0 Å². The van der Waals surface area contributed by atoms with Crippen molar-refractivity contribution in [2.24, 2.45) is 0 Å². The molecule has 0 aliphatic heterocycles. The molecule has 0 fully saturated rings. The van der Waals surface area contributed by atoms with Gasteiger partial charge < -0.3 is 9.32 Å². The molecule has 0 aliphatic rings. The van der Waals surface area contributed by atoms with Gasteiger partial charge in [-0.1, -0.05) is 146 Å². The van der Waals surface area contributed by atoms with E-state index >= 15 is 0 Å². The first-order valence-corrected chi connectivity index (χ1v) is 19.5. The van der Waals surface area contributed by atoms with E-state index < -0.39 is 0 Å². The minimum absolute atomic E-state index is 0.862. The van der Waals surface area contributed by atoms with E-state index in [0.29, 0.717) is 0 Å². The van der Waals surface area contributed by atoms with Gasteiger partial charge in [0.1, 0.15) is 5.58 Å². The lowest BCUT2D eigenvalue weighted by Gasteiger charge is -2.28. The summed E-state index contributed by atoms with van der Waals surface area (Å²) in [6, 6.07) is 72.2. The van der Waals surface area contributed by atoms with Crippen molar-refractivity contribution < 1.29 is 4.42 Å². The van der Waals surface area contributed by atoms with Crippen LogP contribution in [-0.4, -0.2) is 0 Å². The second-order valence-corrected chi connectivity index (χ2v) is 15.2. The van der Waals surface area contributed by atoms with E-state index in [1.54, 1.807) is 0 Å². The molecule has 258 valence electrons. The smallest absolute Gasteiger partial charge is 0.160 e. The Hall–Kier alpha value is -6.94. The van der Waals surface area contributed by atoms with Crippen molar-refractivity contribution in [3.05, 3.63) is 200 Å². The Morgan fingerprint density at radius 2 is 0.945 bits per heavy atom. The maximum Gasteiger partial charge on any atom is 0.160 e. The monoisotopic (exact) mass is 719 g/mol. The molecule has 0 spiro atoms. The number of fused-ring (bicyclic) bond motifs is 7. The van der Waals surface area contributed by atoms with E-state index in [1.807, 2.05) is 17.4 Å². The lowest BCUT2D eigenvalue weighted by atomic mass is 9.97. The van der Waals surface area contributed by atoms with Crippen LogP contribution in [0.5, 0.6) is 0 Å². The molecule has 9 aromatic carbocycles. The van der Waals surface area contributed by atoms with Crippen LogP contribution in [0.2, 0.25) is 0 Å². The maximum absolute atomic E-state index is 6.84. The molecule has 0 bridgehead atoms. The Morgan fingerprint density at radius 3 is 1.78 bits per heavy atom. The molecule has 11 rings (SSSR count). The number of para-hydroxylation sites is 1. The molecule has 0 saturated carbocycles. The summed E-state index contributed by atoms with van der Waals surface area (Å²) in [6.07, 6.45) is 0. The first-order valence-electron chi connectivity index (χ1n) is 18.7. The van der Waals surface area contributed by atoms with E-state index in [-0.39, 0.29) is 0 Å². The second-order valence-electron chi connectivity index (χ2n) is 14.1. The molecule has 55 heavy (non-hydrogen) atoms. The molecule has 0 radical (unpaired) electrons. The molecular formula is C52H33NOS. The Labute approximate surface area is 322 Å². The number of anilines is 3. The molecule has 11 aromatic rings. The molecule has 0 atom stereocenters. The lowest BCUT2D eigenvalue weighted by Crippen LogP contribution is -2.11. The summed E-state index contributed by atoms with van der Waals surface area (Å²) in [5.41, 5.74) is 11.9. The topological polar surface area (TPSA) is 16.4 Å². The highest BCUT2D eigenvalue weighted by molar-refractivity contribution is 7.25. The van der Waals surface area contributed by atoms with Gasteiger partial charge in [-0.05, 0) is 93.2 Å². The zero-order valence-corrected chi connectivity index (χ0v) is 30.6. The summed E-state index contributed by atoms with van der Waals surface area (Å²) in [7, 11) is 0. The Morgan fingerprint density at radius 1 is 0.364 bits per heavy atom. The van der Waals surface area contributed by atoms with Crippen molar-refractivity contribution >= 4 is 81.3 Å². The standard InChI is InChI=1S/C52H33NOS/c1-3-11-34(12-4-1)37-19-20-39-32-42(27-23-38(39)31-37)53(41-25-21-35(22-26-41)40-24-28-46-45-16-8-10-18-49(45)55-50(46)33-40)51-43(36-13-5-2-6-14-36)29-30-47-44-15-7-9-17-48(44)54-52(47)51/h1-33H. The van der Waals surface area contributed by atoms with Crippen molar-refractivity contribution in [2.45, 2.75) is 0 Å². The number of hydrogen-bond donors (Lipinski definition) is 0. The van der Waals surface area contributed by atoms with Crippen LogP contribution in [0, 0.1) is 0 Å². The van der Waals surface area contributed by atoms with Crippen LogP contribution in [0.25, 0.3) is 86.3 Å². The van der Waals surface area contributed by atoms with Gasteiger partial charge in [0.25, 0.3) is 0 Å². The zero-order chi connectivity index (χ0) is 36.3. The molecule has 0 unspecified atom stereocenters. The minimum Gasteiger partial charge on any atom is -0.454 e. The maximum atomic E-state index is 6.84. The van der Waals surface area contributed by atoms with E-state index in [0.717, 1.165) is 50.1 Å². The van der Waals surface area contributed by atoms with Crippen molar-refractivity contribution in [3.63, 3.8) is 0 Å². The summed E-state index contributed by atoms with van der Waals surface area (Å²) in [5.74, 6) is 0. The van der Waals surface area contributed by atoms with Gasteiger partial charge in [0.05, 0.1) is 5.69 Å². The molecule has 0 N–H and O–H groups in total. The molecule has 2 aromatic heterocycles. The normalized spacial score (nSPS) is 11.6. The number of thiophene rings is 1. The lowest BCUT2D eigenvalue weighted by molar-refractivity contribution is 0.669. The molecule has 3 heteroatoms. The van der Waals surface area contributed by atoms with E-state index in [2.05, 4.69) is 199 Å². The van der Waals surface area contributed by atoms with Crippen LogP contribution in [0.15, 0.2) is 205 Å². The Bertz CT molecular complexity index is 3190. The highest BCUT2D eigenvalue weighted by Gasteiger charge is 2.24. The van der Waals surface area contributed by atoms with Gasteiger partial charge in [-0.15, -0.1) is 11.3 Å². The second kappa shape index (κ2) is 12.9. The van der Waals surface area contributed by atoms with Crippen molar-refractivity contribution in [3.8, 4) is 33.4 Å². The SMILES string of the molecule is c1ccc(-c2ccc3cc(N(c4ccc(-c5ccc6c(c5)sc5ccccc56)cc4)c4c(-c5ccccc5)ccc5c4oc4ccccc45)ccc3c2)cc1. The third kappa shape index (κ3) is 5.40. The van der Waals surface area contributed by atoms with E-state index in [4.69, 9.17) is 4.42 Å². The first-order chi connectivity index (χ1) is 27.2. The van der Waals surface area contributed by atoms with Crippen LogP contribution < -0.4 is 4.90 Å². The summed E-state index contributed by atoms with van der Waals surface area (Å²) < 4.78 is 9.47. The van der Waals surface area contributed by atoms with Gasteiger partial charge in [0, 0.05) is 47.9 Å². The van der Waals surface area contributed by atoms with Gasteiger partial charge >= 0.3 is 0 Å². The summed E-state index contributed by atoms with van der Waals surface area (Å²) in [4.78, 5) is 2.39. The van der Waals surface area contributed by atoms with Crippen LogP contribution in [-0.2, 0) is 0 Å². The molecule has 0 aliphatic carbocycles. The Kier molecular flexibility index (Phi) is 7.39. The highest BCUT2D eigenvalue weighted by atomic mass is 32.1. The predicted octanol–water partition coefficient (Wildman–Crippen LogP) is 15.6. The number of benzene rings is 9. The van der Waals surface area contributed by atoms with E-state index in [1.165, 1.54) is 53.2 Å². The summed E-state index contributed by atoms with van der Waals surface area (Å²) in [6.45, 7) is 0. The van der Waals surface area contributed by atoms with Crippen LogP contribution in [0.1, 0.15) is 0 Å². The average molecular weight is 720 g/mol. The highest BCUT2D eigenvalue weighted by Crippen LogP contribution is 2.48. The fourth-order valence-electron chi connectivity index (χ4n) is 8.15. The van der Waals surface area contributed by atoms with Crippen LogP contribution >= 0.6 is 11.3 Å². The van der Waals surface area contributed by atoms with Crippen molar-refractivity contribution in [1.82, 2.24) is 0 Å². The van der Waals surface area contributed by atoms with Gasteiger partial charge in [0.15, 0.2) is 5.58 Å². The number of nitrogens with zero attached hydrogens (tertiary/aromatic N) is 1. The van der Waals surface area contributed by atoms with Crippen molar-refractivity contribution in [2.75, 3.05) is 4.90 Å². The molecule has 2 nitrogen and oxygen atoms in total. The number of hydrogen-bond acceptors (Lipinski definition) is 3. The van der Waals surface area contributed by atoms with Gasteiger partial charge in [-0.25, -0.2) is 0 Å². The molecule has 0 saturated heterocycles. The summed E-state index contributed by atoms with van der Waals surface area (Å²) in [5, 5.41) is 7.21. The van der Waals surface area contributed by atoms with Crippen LogP contribution in [0.3, 0.4) is 0 Å². The largest absolute Gasteiger partial charge is 0.454 e. The van der Waals surface area contributed by atoms with Crippen LogP contribution in [0.4, 0.5) is 17.1 Å². The first kappa shape index (κ1) is 31.6. The quantitative estimate of drug-likeness (QED) is 0.170.